The van der Waals surface area contributed by atoms with Crippen LogP contribution in [0.4, 0.5) is 5.82 Å². The molecule has 0 bridgehead atoms. The number of anilines is 1. The first-order chi connectivity index (χ1) is 9.83. The van der Waals surface area contributed by atoms with Gasteiger partial charge in [0.15, 0.2) is 0 Å². The molecular weight excluding hydrogens is 290 g/mol. The van der Waals surface area contributed by atoms with Crippen molar-refractivity contribution in [2.75, 3.05) is 18.0 Å². The molecule has 21 heavy (non-hydrogen) atoms. The normalized spacial score (nSPS) is 16.9. The van der Waals surface area contributed by atoms with Gasteiger partial charge in [0.05, 0.1) is 0 Å². The third-order valence-corrected chi connectivity index (χ3v) is 3.61. The highest BCUT2D eigenvalue weighted by Crippen LogP contribution is 2.25. The minimum absolute atomic E-state index is 0.106. The first-order valence-corrected chi connectivity index (χ1v) is 7.66. The van der Waals surface area contributed by atoms with Gasteiger partial charge in [0.2, 0.25) is 5.28 Å². The van der Waals surface area contributed by atoms with Crippen LogP contribution >= 0.6 is 11.6 Å². The van der Waals surface area contributed by atoms with Crippen LogP contribution in [0.2, 0.25) is 5.28 Å². The molecule has 0 radical (unpaired) electrons. The fourth-order valence-corrected chi connectivity index (χ4v) is 2.63. The Kier molecular flexibility index (Phi) is 5.04. The molecule has 0 N–H and O–H groups in total. The number of carbonyl (C=O) groups excluding carboxylic acids is 1. The molecule has 1 aliphatic rings. The number of nitrogens with zero attached hydrogens (tertiary/aromatic N) is 3. The van der Waals surface area contributed by atoms with Gasteiger partial charge in [-0.05, 0) is 57.2 Å². The lowest BCUT2D eigenvalue weighted by atomic mass is 9.93. The quantitative estimate of drug-likeness (QED) is 0.634. The van der Waals surface area contributed by atoms with E-state index in [0.717, 1.165) is 31.7 Å². The van der Waals surface area contributed by atoms with E-state index >= 15 is 0 Å². The molecule has 0 saturated carbocycles. The summed E-state index contributed by atoms with van der Waals surface area (Å²) in [6, 6.07) is 1.86. The lowest BCUT2D eigenvalue weighted by molar-refractivity contribution is -0.156. The van der Waals surface area contributed by atoms with Gasteiger partial charge in [0.25, 0.3) is 0 Å². The Morgan fingerprint density at radius 2 is 2.10 bits per heavy atom. The van der Waals surface area contributed by atoms with E-state index in [1.807, 2.05) is 26.8 Å². The number of hydrogen-bond donors (Lipinski definition) is 0. The van der Waals surface area contributed by atoms with E-state index in [9.17, 15) is 4.79 Å². The van der Waals surface area contributed by atoms with Gasteiger partial charge in [0, 0.05) is 25.7 Å². The second-order valence-electron chi connectivity index (χ2n) is 6.40. The topological polar surface area (TPSA) is 55.3 Å². The molecule has 1 fully saturated rings. The van der Waals surface area contributed by atoms with Gasteiger partial charge in [-0.25, -0.2) is 9.97 Å². The van der Waals surface area contributed by atoms with E-state index in [0.29, 0.717) is 12.3 Å². The summed E-state index contributed by atoms with van der Waals surface area (Å²) in [6.45, 7) is 7.44. The smallest absolute Gasteiger partial charge is 0.306 e. The van der Waals surface area contributed by atoms with E-state index in [4.69, 9.17) is 16.3 Å². The average Bonchev–Trinajstić information content (AvgIpc) is 2.37. The minimum atomic E-state index is -0.407. The first kappa shape index (κ1) is 16.0. The van der Waals surface area contributed by atoms with Gasteiger partial charge in [-0.3, -0.25) is 4.79 Å². The van der Waals surface area contributed by atoms with Crippen molar-refractivity contribution in [2.24, 2.45) is 5.92 Å². The lowest BCUT2D eigenvalue weighted by Crippen LogP contribution is -2.35. The molecule has 0 atom stereocenters. The summed E-state index contributed by atoms with van der Waals surface area (Å²) in [7, 11) is 0. The van der Waals surface area contributed by atoms with Crippen molar-refractivity contribution >= 4 is 23.4 Å². The first-order valence-electron chi connectivity index (χ1n) is 7.29. The molecule has 2 rings (SSSR count). The van der Waals surface area contributed by atoms with E-state index in [-0.39, 0.29) is 11.3 Å². The zero-order valence-electron chi connectivity index (χ0n) is 12.8. The Morgan fingerprint density at radius 1 is 1.43 bits per heavy atom. The van der Waals surface area contributed by atoms with E-state index in [2.05, 4.69) is 14.9 Å². The van der Waals surface area contributed by atoms with Crippen LogP contribution in [0.5, 0.6) is 0 Å². The fraction of sp³-hybridized carbons (Fsp3) is 0.667. The van der Waals surface area contributed by atoms with E-state index in [1.54, 1.807) is 6.20 Å². The van der Waals surface area contributed by atoms with Crippen LogP contribution in [-0.2, 0) is 9.53 Å². The monoisotopic (exact) mass is 311 g/mol. The molecule has 1 aromatic rings. The van der Waals surface area contributed by atoms with Crippen LogP contribution in [0.25, 0.3) is 0 Å². The second-order valence-corrected chi connectivity index (χ2v) is 6.74. The molecule has 2 heterocycles. The van der Waals surface area contributed by atoms with Gasteiger partial charge in [-0.2, -0.15) is 0 Å². The third kappa shape index (κ3) is 5.16. The van der Waals surface area contributed by atoms with Crippen molar-refractivity contribution in [3.05, 3.63) is 17.5 Å². The Hall–Kier alpha value is -1.36. The van der Waals surface area contributed by atoms with Crippen molar-refractivity contribution in [1.29, 1.82) is 0 Å². The number of piperidine rings is 1. The number of rotatable bonds is 3. The van der Waals surface area contributed by atoms with Crippen molar-refractivity contribution in [3.8, 4) is 0 Å². The number of hydrogen-bond acceptors (Lipinski definition) is 5. The maximum atomic E-state index is 11.8. The van der Waals surface area contributed by atoms with E-state index < -0.39 is 5.60 Å². The van der Waals surface area contributed by atoms with Crippen molar-refractivity contribution in [3.63, 3.8) is 0 Å². The van der Waals surface area contributed by atoms with Crippen molar-refractivity contribution in [2.45, 2.75) is 45.6 Å². The molecule has 0 spiro atoms. The number of ether oxygens (including phenoxy) is 1. The Bertz CT molecular complexity index is 494. The molecule has 116 valence electrons. The Morgan fingerprint density at radius 3 is 2.67 bits per heavy atom. The summed E-state index contributed by atoms with van der Waals surface area (Å²) < 4.78 is 5.38. The SMILES string of the molecule is CC(C)(C)OC(=O)CC1CCN(c2ccnc(Cl)n2)CC1. The molecule has 1 saturated heterocycles. The van der Waals surface area contributed by atoms with Gasteiger partial charge >= 0.3 is 5.97 Å². The molecule has 0 amide bonds. The summed E-state index contributed by atoms with van der Waals surface area (Å²) >= 11 is 5.81. The molecule has 0 unspecified atom stereocenters. The maximum Gasteiger partial charge on any atom is 0.306 e. The van der Waals surface area contributed by atoms with Crippen LogP contribution in [0.1, 0.15) is 40.0 Å². The average molecular weight is 312 g/mol. The van der Waals surface area contributed by atoms with Crippen LogP contribution in [0.3, 0.4) is 0 Å². The summed E-state index contributed by atoms with van der Waals surface area (Å²) in [5.41, 5.74) is -0.407. The number of esters is 1. The van der Waals surface area contributed by atoms with Gasteiger partial charge in [0.1, 0.15) is 11.4 Å². The predicted octanol–water partition coefficient (Wildman–Crippen LogP) is 3.08. The Labute approximate surface area is 130 Å². The number of aromatic nitrogens is 2. The van der Waals surface area contributed by atoms with Gasteiger partial charge in [-0.1, -0.05) is 0 Å². The minimum Gasteiger partial charge on any atom is -0.460 e. The van der Waals surface area contributed by atoms with Crippen molar-refractivity contribution < 1.29 is 9.53 Å². The summed E-state index contributed by atoms with van der Waals surface area (Å²) in [6.07, 6.45) is 4.08. The molecule has 0 aromatic carbocycles. The van der Waals surface area contributed by atoms with Gasteiger partial charge in [-0.15, -0.1) is 0 Å². The Balaban J connectivity index is 1.82. The highest BCUT2D eigenvalue weighted by Gasteiger charge is 2.25. The van der Waals surface area contributed by atoms with E-state index in [1.165, 1.54) is 0 Å². The summed E-state index contributed by atoms with van der Waals surface area (Å²) in [5, 5.41) is 0.267. The number of halogens is 1. The molecule has 0 aliphatic carbocycles. The molecule has 6 heteroatoms. The summed E-state index contributed by atoms with van der Waals surface area (Å²) in [5.74, 6) is 1.13. The molecular formula is C15H22ClN3O2. The standard InChI is InChI=1S/C15H22ClN3O2/c1-15(2,3)21-13(20)10-11-5-8-19(9-6-11)12-4-7-17-14(16)18-12/h4,7,11H,5-6,8-10H2,1-3H3. The maximum absolute atomic E-state index is 11.8. The van der Waals surface area contributed by atoms with Crippen LogP contribution < -0.4 is 4.90 Å². The third-order valence-electron chi connectivity index (χ3n) is 3.43. The van der Waals surface area contributed by atoms with Crippen LogP contribution in [-0.4, -0.2) is 34.6 Å². The number of carbonyl (C=O) groups is 1. The predicted molar refractivity (Wildman–Crippen MR) is 82.4 cm³/mol. The van der Waals surface area contributed by atoms with Gasteiger partial charge < -0.3 is 9.64 Å². The molecule has 5 nitrogen and oxygen atoms in total. The van der Waals surface area contributed by atoms with Crippen molar-refractivity contribution in [1.82, 2.24) is 9.97 Å². The highest BCUT2D eigenvalue weighted by atomic mass is 35.5. The van der Waals surface area contributed by atoms with Crippen LogP contribution in [0.15, 0.2) is 12.3 Å². The highest BCUT2D eigenvalue weighted by molar-refractivity contribution is 6.28. The molecule has 1 aliphatic heterocycles. The zero-order chi connectivity index (χ0) is 15.5. The van der Waals surface area contributed by atoms with Crippen LogP contribution in [0, 0.1) is 5.92 Å². The fourth-order valence-electron chi connectivity index (χ4n) is 2.49. The summed E-state index contributed by atoms with van der Waals surface area (Å²) in [4.78, 5) is 22.1. The largest absolute Gasteiger partial charge is 0.460 e. The second kappa shape index (κ2) is 6.60. The lowest BCUT2D eigenvalue weighted by Gasteiger charge is -2.32. The molecule has 1 aromatic heterocycles. The zero-order valence-corrected chi connectivity index (χ0v) is 13.6.